The van der Waals surface area contributed by atoms with Crippen molar-refractivity contribution in [3.8, 4) is 0 Å². The van der Waals surface area contributed by atoms with Crippen molar-refractivity contribution in [2.24, 2.45) is 0 Å². The molecule has 3 rings (SSSR count). The van der Waals surface area contributed by atoms with Gasteiger partial charge in [0.2, 0.25) is 5.91 Å². The first-order chi connectivity index (χ1) is 13.0. The van der Waals surface area contributed by atoms with Crippen LogP contribution in [0.4, 0.5) is 11.4 Å². The molecule has 1 aliphatic heterocycles. The molecular formula is C20H20N2O4S. The number of hydrogen-bond acceptors (Lipinski definition) is 4. The first-order valence-corrected chi connectivity index (χ1v) is 9.79. The van der Waals surface area contributed by atoms with Gasteiger partial charge >= 0.3 is 5.97 Å². The Morgan fingerprint density at radius 3 is 2.81 bits per heavy atom. The Hall–Kier alpha value is -2.80. The van der Waals surface area contributed by atoms with Gasteiger partial charge in [-0.25, -0.2) is 0 Å². The summed E-state index contributed by atoms with van der Waals surface area (Å²) >= 11 is 1.55. The summed E-state index contributed by atoms with van der Waals surface area (Å²) in [6.45, 7) is 0. The second-order valence-corrected chi connectivity index (χ2v) is 7.38. The van der Waals surface area contributed by atoms with E-state index in [1.165, 1.54) is 0 Å². The molecule has 2 aromatic carbocycles. The number of aliphatic carboxylic acids is 1. The molecule has 0 bridgehead atoms. The lowest BCUT2D eigenvalue weighted by atomic mass is 10.00. The van der Waals surface area contributed by atoms with Gasteiger partial charge in [0, 0.05) is 34.9 Å². The highest BCUT2D eigenvalue weighted by Gasteiger charge is 2.16. The van der Waals surface area contributed by atoms with Crippen LogP contribution in [-0.2, 0) is 21.8 Å². The molecule has 1 heterocycles. The number of carboxylic acids is 1. The van der Waals surface area contributed by atoms with E-state index in [0.29, 0.717) is 35.6 Å². The molecule has 0 saturated heterocycles. The third kappa shape index (κ3) is 5.34. The number of carbonyl (C=O) groups is 3. The first kappa shape index (κ1) is 19.0. The van der Waals surface area contributed by atoms with Gasteiger partial charge in [0.1, 0.15) is 0 Å². The number of anilines is 2. The van der Waals surface area contributed by atoms with Crippen LogP contribution in [0.15, 0.2) is 42.5 Å². The fourth-order valence-electron chi connectivity index (χ4n) is 2.82. The topological polar surface area (TPSA) is 95.5 Å². The summed E-state index contributed by atoms with van der Waals surface area (Å²) in [7, 11) is 0. The van der Waals surface area contributed by atoms with Crippen molar-refractivity contribution in [1.29, 1.82) is 0 Å². The van der Waals surface area contributed by atoms with E-state index >= 15 is 0 Å². The molecule has 2 aromatic rings. The van der Waals surface area contributed by atoms with Crippen LogP contribution in [0.2, 0.25) is 0 Å². The number of thioether (sulfide) groups is 1. The van der Waals surface area contributed by atoms with Crippen LogP contribution in [0, 0.1) is 0 Å². The molecule has 27 heavy (non-hydrogen) atoms. The van der Waals surface area contributed by atoms with Crippen molar-refractivity contribution in [2.45, 2.75) is 25.0 Å². The van der Waals surface area contributed by atoms with E-state index in [1.54, 1.807) is 23.9 Å². The van der Waals surface area contributed by atoms with E-state index in [4.69, 9.17) is 5.11 Å². The number of nitrogens with one attached hydrogen (secondary N) is 2. The summed E-state index contributed by atoms with van der Waals surface area (Å²) in [4.78, 5) is 34.5. The van der Waals surface area contributed by atoms with E-state index < -0.39 is 5.97 Å². The zero-order valence-corrected chi connectivity index (χ0v) is 15.5. The summed E-state index contributed by atoms with van der Waals surface area (Å²) in [5.41, 5.74) is 4.00. The minimum atomic E-state index is -0.798. The van der Waals surface area contributed by atoms with Crippen LogP contribution >= 0.6 is 11.8 Å². The van der Waals surface area contributed by atoms with Crippen molar-refractivity contribution < 1.29 is 19.5 Å². The molecule has 3 N–H and O–H groups in total. The second kappa shape index (κ2) is 8.73. The fourth-order valence-corrected chi connectivity index (χ4v) is 3.69. The number of rotatable bonds is 7. The Bertz CT molecular complexity index is 882. The van der Waals surface area contributed by atoms with Crippen LogP contribution in [-0.4, -0.2) is 28.6 Å². The smallest absolute Gasteiger partial charge is 0.304 e. The van der Waals surface area contributed by atoms with Crippen molar-refractivity contribution in [2.75, 3.05) is 16.4 Å². The third-order valence-electron chi connectivity index (χ3n) is 4.18. The Morgan fingerprint density at radius 2 is 2.00 bits per heavy atom. The van der Waals surface area contributed by atoms with E-state index in [1.807, 2.05) is 30.3 Å². The normalized spacial score (nSPS) is 12.8. The zero-order chi connectivity index (χ0) is 19.2. The molecule has 6 nitrogen and oxygen atoms in total. The number of carbonyl (C=O) groups excluding carboxylic acids is 2. The highest BCUT2D eigenvalue weighted by atomic mass is 32.2. The van der Waals surface area contributed by atoms with Gasteiger partial charge in [0.25, 0.3) is 5.91 Å². The van der Waals surface area contributed by atoms with E-state index in [0.717, 1.165) is 16.8 Å². The molecular weight excluding hydrogens is 364 g/mol. The van der Waals surface area contributed by atoms with Crippen LogP contribution < -0.4 is 10.6 Å². The van der Waals surface area contributed by atoms with E-state index in [2.05, 4.69) is 10.6 Å². The molecule has 140 valence electrons. The van der Waals surface area contributed by atoms with Gasteiger partial charge in [0.15, 0.2) is 0 Å². The number of carboxylic acid groups (broad SMARTS) is 1. The van der Waals surface area contributed by atoms with Gasteiger partial charge in [-0.05, 0) is 47.9 Å². The van der Waals surface area contributed by atoms with E-state index in [9.17, 15) is 14.4 Å². The maximum absolute atomic E-state index is 12.5. The molecule has 7 heteroatoms. The maximum atomic E-state index is 12.5. The quantitative estimate of drug-likeness (QED) is 0.635. The lowest BCUT2D eigenvalue weighted by molar-refractivity contribution is -0.136. The summed E-state index contributed by atoms with van der Waals surface area (Å²) in [5, 5.41) is 14.4. The van der Waals surface area contributed by atoms with Crippen molar-refractivity contribution >= 4 is 40.9 Å². The Labute approximate surface area is 161 Å². The highest BCUT2D eigenvalue weighted by Crippen LogP contribution is 2.24. The number of benzene rings is 2. The maximum Gasteiger partial charge on any atom is 0.304 e. The molecule has 0 atom stereocenters. The number of amides is 2. The zero-order valence-electron chi connectivity index (χ0n) is 14.7. The molecule has 0 fully saturated rings. The number of fused-ring (bicyclic) bond motifs is 1. The minimum Gasteiger partial charge on any atom is -0.481 e. The Kier molecular flexibility index (Phi) is 6.13. The van der Waals surface area contributed by atoms with Gasteiger partial charge in [-0.3, -0.25) is 14.4 Å². The third-order valence-corrected chi connectivity index (χ3v) is 5.21. The first-order valence-electron chi connectivity index (χ1n) is 8.64. The summed E-state index contributed by atoms with van der Waals surface area (Å²) in [6, 6.07) is 12.8. The summed E-state index contributed by atoms with van der Waals surface area (Å²) in [6.07, 6.45) is 1.20. The largest absolute Gasteiger partial charge is 0.481 e. The Morgan fingerprint density at radius 1 is 1.15 bits per heavy atom. The monoisotopic (exact) mass is 384 g/mol. The van der Waals surface area contributed by atoms with Gasteiger partial charge in [-0.1, -0.05) is 12.1 Å². The molecule has 0 unspecified atom stereocenters. The fraction of sp³-hybridized carbons (Fsp3) is 0.250. The van der Waals surface area contributed by atoms with Crippen LogP contribution in [0.3, 0.4) is 0 Å². The van der Waals surface area contributed by atoms with Crippen LogP contribution in [0.5, 0.6) is 0 Å². The van der Waals surface area contributed by atoms with Crippen LogP contribution in [0.1, 0.15) is 34.3 Å². The van der Waals surface area contributed by atoms with Crippen molar-refractivity contribution in [3.05, 3.63) is 59.2 Å². The molecule has 0 aliphatic carbocycles. The van der Waals surface area contributed by atoms with Crippen LogP contribution in [0.25, 0.3) is 0 Å². The second-order valence-electron chi connectivity index (χ2n) is 6.27. The van der Waals surface area contributed by atoms with Crippen molar-refractivity contribution in [3.63, 3.8) is 0 Å². The van der Waals surface area contributed by atoms with Gasteiger partial charge < -0.3 is 15.7 Å². The summed E-state index contributed by atoms with van der Waals surface area (Å²) < 4.78 is 0. The lowest BCUT2D eigenvalue weighted by Gasteiger charge is -2.17. The van der Waals surface area contributed by atoms with Gasteiger partial charge in [0.05, 0.1) is 6.42 Å². The predicted octanol–water partition coefficient (Wildman–Crippen LogP) is 3.53. The SMILES string of the molecule is O=C(O)CCSCc1cccc(NC(=O)c2ccc3c(c2)CCC(=O)N3)c1. The molecule has 0 aromatic heterocycles. The Balaban J connectivity index is 1.61. The molecule has 2 amide bonds. The minimum absolute atomic E-state index is 0.00209. The number of hydrogen-bond donors (Lipinski definition) is 3. The highest BCUT2D eigenvalue weighted by molar-refractivity contribution is 7.98. The van der Waals surface area contributed by atoms with Gasteiger partial charge in [-0.15, -0.1) is 0 Å². The average Bonchev–Trinajstić information content (AvgIpc) is 2.65. The lowest BCUT2D eigenvalue weighted by Crippen LogP contribution is -2.20. The molecule has 0 spiro atoms. The predicted molar refractivity (Wildman–Crippen MR) is 106 cm³/mol. The van der Waals surface area contributed by atoms with Crippen molar-refractivity contribution in [1.82, 2.24) is 0 Å². The number of aryl methyl sites for hydroxylation is 1. The molecule has 1 aliphatic rings. The average molecular weight is 384 g/mol. The molecule has 0 radical (unpaired) electrons. The molecule has 0 saturated carbocycles. The standard InChI is InChI=1S/C20H20N2O4S/c23-18-7-5-14-11-15(4-6-17(14)22-18)20(26)21-16-3-1-2-13(10-16)12-27-9-8-19(24)25/h1-4,6,10-11H,5,7-9,12H2,(H,21,26)(H,22,23)(H,24,25). The summed E-state index contributed by atoms with van der Waals surface area (Å²) in [5.74, 6) is 0.240. The van der Waals surface area contributed by atoms with E-state index in [-0.39, 0.29) is 18.2 Å². The van der Waals surface area contributed by atoms with Gasteiger partial charge in [-0.2, -0.15) is 11.8 Å².